The summed E-state index contributed by atoms with van der Waals surface area (Å²) in [6.45, 7) is 33.0. The van der Waals surface area contributed by atoms with Crippen molar-refractivity contribution in [3.05, 3.63) is 11.6 Å². The van der Waals surface area contributed by atoms with Crippen LogP contribution in [-0.4, -0.2) is 66.2 Å². The molecule has 0 bridgehead atoms. The van der Waals surface area contributed by atoms with Crippen molar-refractivity contribution in [3.63, 3.8) is 0 Å². The number of aliphatic hydroxyl groups is 2. The third-order valence-electron chi connectivity index (χ3n) is 8.61. The van der Waals surface area contributed by atoms with E-state index in [9.17, 15) is 10.2 Å². The fourth-order valence-corrected chi connectivity index (χ4v) is 6.88. The van der Waals surface area contributed by atoms with Gasteiger partial charge in [0, 0.05) is 0 Å². The normalized spacial score (nSPS) is 26.4. The molecule has 0 fully saturated rings. The molecular formula is C25H54O5Si3. The van der Waals surface area contributed by atoms with Crippen LogP contribution in [0.1, 0.15) is 62.3 Å². The van der Waals surface area contributed by atoms with Crippen LogP contribution >= 0.6 is 0 Å². The van der Waals surface area contributed by atoms with Crippen LogP contribution in [0.25, 0.3) is 0 Å². The molecule has 0 saturated heterocycles. The van der Waals surface area contributed by atoms with Gasteiger partial charge in [0.1, 0.15) is 18.3 Å². The van der Waals surface area contributed by atoms with E-state index in [4.69, 9.17) is 13.3 Å². The summed E-state index contributed by atoms with van der Waals surface area (Å²) in [6.07, 6.45) is -0.394. The molecule has 0 aliphatic heterocycles. The van der Waals surface area contributed by atoms with Gasteiger partial charge >= 0.3 is 0 Å². The second-order valence-corrected chi connectivity index (χ2v) is 28.6. The summed E-state index contributed by atoms with van der Waals surface area (Å²) in [7, 11) is -6.62. The van der Waals surface area contributed by atoms with Crippen LogP contribution in [0.3, 0.4) is 0 Å². The molecule has 0 spiro atoms. The molecule has 0 saturated carbocycles. The van der Waals surface area contributed by atoms with Crippen molar-refractivity contribution in [1.29, 1.82) is 0 Å². The lowest BCUT2D eigenvalue weighted by molar-refractivity contribution is -0.0785. The lowest BCUT2D eigenvalue weighted by Gasteiger charge is -2.51. The van der Waals surface area contributed by atoms with E-state index in [0.717, 1.165) is 0 Å². The third kappa shape index (κ3) is 7.12. The van der Waals surface area contributed by atoms with E-state index in [2.05, 4.69) is 102 Å². The smallest absolute Gasteiger partial charge is 0.193 e. The number of hydrogen-bond acceptors (Lipinski definition) is 5. The molecule has 1 rings (SSSR count). The first-order valence-corrected chi connectivity index (χ1v) is 21.1. The minimum atomic E-state index is -2.24. The van der Waals surface area contributed by atoms with Gasteiger partial charge in [-0.1, -0.05) is 68.4 Å². The fourth-order valence-electron chi connectivity index (χ4n) is 3.05. The molecule has 0 aromatic rings. The van der Waals surface area contributed by atoms with Gasteiger partial charge in [0.15, 0.2) is 25.0 Å². The first kappa shape index (κ1) is 31.2. The minimum absolute atomic E-state index is 0.00195. The van der Waals surface area contributed by atoms with Crippen LogP contribution < -0.4 is 0 Å². The second-order valence-electron chi connectivity index (χ2n) is 14.4. The second kappa shape index (κ2) is 9.92. The van der Waals surface area contributed by atoms with E-state index in [0.29, 0.717) is 5.57 Å². The first-order chi connectivity index (χ1) is 14.4. The van der Waals surface area contributed by atoms with Crippen molar-refractivity contribution in [2.75, 3.05) is 6.61 Å². The van der Waals surface area contributed by atoms with Crippen LogP contribution in [0.5, 0.6) is 0 Å². The molecule has 33 heavy (non-hydrogen) atoms. The number of aliphatic hydroxyl groups excluding tert-OH is 2. The summed E-state index contributed by atoms with van der Waals surface area (Å²) >= 11 is 0. The molecule has 5 nitrogen and oxygen atoms in total. The Bertz CT molecular complexity index is 696. The molecule has 0 aromatic carbocycles. The molecule has 4 atom stereocenters. The average Bonchev–Trinajstić information content (AvgIpc) is 2.56. The lowest BCUT2D eigenvalue weighted by Crippen LogP contribution is -2.62. The van der Waals surface area contributed by atoms with Crippen molar-refractivity contribution in [2.24, 2.45) is 0 Å². The zero-order valence-corrected chi connectivity index (χ0v) is 27.2. The standard InChI is InChI=1S/C25H54O5Si3/c1-23(2,3)31(10,11)28-19-16-18(17-26)20(27)22(30-33(14,15)25(7,8)9)21(19)29-32(12,13)24(4,5)6/h16,19-22,26-27H,17H2,1-15H3/t19-,20+,21-,22-/m0/s1. The highest BCUT2D eigenvalue weighted by Crippen LogP contribution is 2.45. The summed E-state index contributed by atoms with van der Waals surface area (Å²) < 4.78 is 20.8. The Morgan fingerprint density at radius 1 is 0.667 bits per heavy atom. The Balaban J connectivity index is 3.63. The van der Waals surface area contributed by atoms with Gasteiger partial charge < -0.3 is 23.5 Å². The molecular weight excluding hydrogens is 465 g/mol. The van der Waals surface area contributed by atoms with E-state index in [-0.39, 0.29) is 27.8 Å². The Morgan fingerprint density at radius 3 is 1.33 bits per heavy atom. The zero-order chi connectivity index (χ0) is 26.4. The van der Waals surface area contributed by atoms with E-state index >= 15 is 0 Å². The van der Waals surface area contributed by atoms with Gasteiger partial charge in [-0.25, -0.2) is 0 Å². The van der Waals surface area contributed by atoms with Gasteiger partial charge in [0.05, 0.1) is 12.7 Å². The summed E-state index contributed by atoms with van der Waals surface area (Å²) in [5, 5.41) is 21.5. The fraction of sp³-hybridized carbons (Fsp3) is 0.920. The third-order valence-corrected chi connectivity index (χ3v) is 22.0. The molecule has 0 aromatic heterocycles. The maximum absolute atomic E-state index is 11.4. The van der Waals surface area contributed by atoms with E-state index in [1.165, 1.54) is 0 Å². The number of hydrogen-bond donors (Lipinski definition) is 2. The summed E-state index contributed by atoms with van der Waals surface area (Å²) in [4.78, 5) is 0. The van der Waals surface area contributed by atoms with E-state index in [1.54, 1.807) is 0 Å². The minimum Gasteiger partial charge on any atom is -0.408 e. The molecule has 2 N–H and O–H groups in total. The maximum atomic E-state index is 11.4. The van der Waals surface area contributed by atoms with Crippen molar-refractivity contribution in [1.82, 2.24) is 0 Å². The Kier molecular flexibility index (Phi) is 9.38. The quantitative estimate of drug-likeness (QED) is 0.299. The van der Waals surface area contributed by atoms with Crippen LogP contribution in [0.15, 0.2) is 11.6 Å². The highest BCUT2D eigenvalue weighted by Gasteiger charge is 2.52. The predicted octanol–water partition coefficient (Wildman–Crippen LogP) is 6.45. The van der Waals surface area contributed by atoms with Crippen LogP contribution in [0.4, 0.5) is 0 Å². The van der Waals surface area contributed by atoms with Gasteiger partial charge in [0.25, 0.3) is 0 Å². The van der Waals surface area contributed by atoms with Crippen molar-refractivity contribution < 1.29 is 23.5 Å². The SMILES string of the molecule is CC(C)(C)[Si](C)(C)O[C@@H]1[C@@H](O[Si](C)(C)C(C)(C)C)[C@H](O)C(CO)=C[C@@H]1O[Si](C)(C)C(C)(C)C. The van der Waals surface area contributed by atoms with Crippen LogP contribution in [-0.2, 0) is 13.3 Å². The van der Waals surface area contributed by atoms with Crippen LogP contribution in [0.2, 0.25) is 54.4 Å². The molecule has 0 amide bonds. The van der Waals surface area contributed by atoms with Crippen molar-refractivity contribution in [3.8, 4) is 0 Å². The van der Waals surface area contributed by atoms with Crippen LogP contribution in [0, 0.1) is 0 Å². The monoisotopic (exact) mass is 518 g/mol. The van der Waals surface area contributed by atoms with Gasteiger partial charge in [0.2, 0.25) is 0 Å². The topological polar surface area (TPSA) is 68.2 Å². The molecule has 8 heteroatoms. The maximum Gasteiger partial charge on any atom is 0.193 e. The largest absolute Gasteiger partial charge is 0.408 e. The molecule has 1 aliphatic carbocycles. The molecule has 0 unspecified atom stereocenters. The average molecular weight is 519 g/mol. The molecule has 0 radical (unpaired) electrons. The first-order valence-electron chi connectivity index (χ1n) is 12.4. The predicted molar refractivity (Wildman–Crippen MR) is 147 cm³/mol. The summed E-state index contributed by atoms with van der Waals surface area (Å²) in [5.74, 6) is 0. The molecule has 0 heterocycles. The Hall–Kier alpha value is 0.191. The molecule has 196 valence electrons. The van der Waals surface area contributed by atoms with Gasteiger partial charge in [-0.3, -0.25) is 0 Å². The summed E-state index contributed by atoms with van der Waals surface area (Å²) in [5.41, 5.74) is 0.567. The Morgan fingerprint density at radius 2 is 1.00 bits per heavy atom. The number of rotatable bonds is 7. The van der Waals surface area contributed by atoms with Gasteiger partial charge in [-0.15, -0.1) is 0 Å². The van der Waals surface area contributed by atoms with Crippen molar-refractivity contribution in [2.45, 2.75) is 141 Å². The molecule has 1 aliphatic rings. The highest BCUT2D eigenvalue weighted by molar-refractivity contribution is 6.75. The van der Waals surface area contributed by atoms with E-state index < -0.39 is 43.3 Å². The summed E-state index contributed by atoms with van der Waals surface area (Å²) in [6, 6.07) is 0. The zero-order valence-electron chi connectivity index (χ0n) is 24.2. The van der Waals surface area contributed by atoms with Crippen molar-refractivity contribution >= 4 is 25.0 Å². The van der Waals surface area contributed by atoms with E-state index in [1.807, 2.05) is 6.08 Å². The lowest BCUT2D eigenvalue weighted by atomic mass is 9.90. The highest BCUT2D eigenvalue weighted by atomic mass is 28.4. The Labute approximate surface area is 207 Å². The van der Waals surface area contributed by atoms with Gasteiger partial charge in [-0.2, -0.15) is 0 Å². The van der Waals surface area contributed by atoms with Gasteiger partial charge in [-0.05, 0) is 60.0 Å².